The third-order valence-corrected chi connectivity index (χ3v) is 6.48. The van der Waals surface area contributed by atoms with Gasteiger partial charge in [-0.3, -0.25) is 9.99 Å². The first-order valence-corrected chi connectivity index (χ1v) is 13.6. The Hall–Kier alpha value is -3.86. The number of rotatable bonds is 15. The van der Waals surface area contributed by atoms with Crippen LogP contribution in [0.25, 0.3) is 0 Å². The Balaban J connectivity index is 3.14. The van der Waals surface area contributed by atoms with Gasteiger partial charge in [0.1, 0.15) is 11.9 Å². The van der Waals surface area contributed by atoms with Crippen molar-refractivity contribution in [3.63, 3.8) is 0 Å². The summed E-state index contributed by atoms with van der Waals surface area (Å²) in [4.78, 5) is 4.40. The summed E-state index contributed by atoms with van der Waals surface area (Å²) in [6, 6.07) is 3.85. The van der Waals surface area contributed by atoms with E-state index in [0.29, 0.717) is 11.4 Å². The Morgan fingerprint density at radius 1 is 1.27 bits per heavy atom. The smallest absolute Gasteiger partial charge is 0.143 e. The number of nitrogens with zero attached hydrogens (tertiary/aromatic N) is 4. The molecule has 0 aliphatic carbocycles. The maximum atomic E-state index is 15.4. The van der Waals surface area contributed by atoms with Crippen molar-refractivity contribution >= 4 is 17.6 Å². The van der Waals surface area contributed by atoms with Crippen molar-refractivity contribution < 1.29 is 4.39 Å². The van der Waals surface area contributed by atoms with Crippen LogP contribution >= 0.6 is 0 Å². The fourth-order valence-electron chi connectivity index (χ4n) is 4.23. The van der Waals surface area contributed by atoms with Crippen molar-refractivity contribution in [1.29, 1.82) is 5.26 Å². The fraction of sp³-hybridized carbons (Fsp3) is 0.469. The second kappa shape index (κ2) is 15.7. The second-order valence-electron chi connectivity index (χ2n) is 11.4. The molecule has 8 heteroatoms. The number of hydrogen-bond donors (Lipinski definition) is 3. The first-order valence-electron chi connectivity index (χ1n) is 13.6. The molecule has 0 saturated heterocycles. The van der Waals surface area contributed by atoms with Gasteiger partial charge < -0.3 is 16.0 Å². The van der Waals surface area contributed by atoms with E-state index in [1.165, 1.54) is 6.08 Å². The van der Waals surface area contributed by atoms with Crippen molar-refractivity contribution in [2.24, 2.45) is 16.4 Å². The van der Waals surface area contributed by atoms with E-state index in [4.69, 9.17) is 0 Å². The number of hydrazone groups is 1. The van der Waals surface area contributed by atoms with Crippen LogP contribution in [0.1, 0.15) is 67.0 Å². The molecule has 0 aliphatic rings. The quantitative estimate of drug-likeness (QED) is 0.0908. The summed E-state index contributed by atoms with van der Waals surface area (Å²) < 4.78 is 15.4. The molecule has 0 amide bonds. The maximum absolute atomic E-state index is 15.4. The Labute approximate surface area is 241 Å². The van der Waals surface area contributed by atoms with Crippen LogP contribution in [0.15, 0.2) is 77.7 Å². The average molecular weight is 550 g/mol. The zero-order valence-corrected chi connectivity index (χ0v) is 25.8. The molecule has 0 spiro atoms. The molecule has 40 heavy (non-hydrogen) atoms. The van der Waals surface area contributed by atoms with Gasteiger partial charge in [0.25, 0.3) is 0 Å². The van der Waals surface area contributed by atoms with E-state index in [1.807, 2.05) is 13.0 Å². The Morgan fingerprint density at radius 2 is 1.93 bits per heavy atom. The number of aryl methyl sites for hydroxylation is 1. The molecular weight excluding hydrogens is 501 g/mol. The highest BCUT2D eigenvalue weighted by molar-refractivity contribution is 5.72. The minimum absolute atomic E-state index is 0.0146. The summed E-state index contributed by atoms with van der Waals surface area (Å²) in [5.74, 6) is -0.268. The number of pyridine rings is 1. The summed E-state index contributed by atoms with van der Waals surface area (Å²) >= 11 is 0. The molecule has 0 saturated carbocycles. The summed E-state index contributed by atoms with van der Waals surface area (Å²) in [5, 5.41) is 25.6. The molecule has 7 nitrogen and oxygen atoms in total. The SMILES string of the molecule is C=C/C=N\N(C)c1cc(NC(=C)/C(C#N)=C\C(F)=C(/C)NC(C(C)NC(=C)CC(C)(C)C)[C@H](C)CC)cnc1C. The standard InChI is InChI=1S/C32H48FN7/c1-13-15-36-40(12)30-17-28(20-35-25(30)7)38-23(5)27(19-34)16-29(33)24(6)39-31(21(3)14-2)26(8)37-22(4)18-32(9,10)11/h13,15-17,20-21,26,31,37-39H,1,4-5,14,18H2,2-3,6-12H3/b27-16-,29-24-,36-15-/t21-,26?,31?/m1/s1. The molecule has 0 aromatic carbocycles. The molecule has 1 aromatic heterocycles. The molecule has 2 unspecified atom stereocenters. The first-order chi connectivity index (χ1) is 18.6. The normalized spacial score (nSPS) is 14.9. The van der Waals surface area contributed by atoms with Crippen LogP contribution in [0.5, 0.6) is 0 Å². The Kier molecular flexibility index (Phi) is 13.4. The van der Waals surface area contributed by atoms with Gasteiger partial charge in [-0.25, -0.2) is 4.39 Å². The van der Waals surface area contributed by atoms with Crippen LogP contribution in [-0.2, 0) is 0 Å². The van der Waals surface area contributed by atoms with Crippen LogP contribution in [0.3, 0.4) is 0 Å². The van der Waals surface area contributed by atoms with E-state index in [1.54, 1.807) is 37.5 Å². The predicted molar refractivity (Wildman–Crippen MR) is 169 cm³/mol. The lowest BCUT2D eigenvalue weighted by Crippen LogP contribution is -2.49. The summed E-state index contributed by atoms with van der Waals surface area (Å²) in [7, 11) is 1.79. The minimum atomic E-state index is -0.533. The van der Waals surface area contributed by atoms with Crippen LogP contribution < -0.4 is 21.0 Å². The van der Waals surface area contributed by atoms with E-state index in [2.05, 4.69) is 93.4 Å². The topological polar surface area (TPSA) is 88.4 Å². The average Bonchev–Trinajstić information content (AvgIpc) is 2.87. The minimum Gasteiger partial charge on any atom is -0.384 e. The predicted octanol–water partition coefficient (Wildman–Crippen LogP) is 7.51. The fourth-order valence-corrected chi connectivity index (χ4v) is 4.23. The van der Waals surface area contributed by atoms with Gasteiger partial charge in [-0.2, -0.15) is 10.4 Å². The van der Waals surface area contributed by atoms with Gasteiger partial charge in [0.15, 0.2) is 0 Å². The highest BCUT2D eigenvalue weighted by Gasteiger charge is 2.24. The van der Waals surface area contributed by atoms with Gasteiger partial charge in [-0.1, -0.05) is 60.8 Å². The number of anilines is 2. The van der Waals surface area contributed by atoms with Gasteiger partial charge >= 0.3 is 0 Å². The lowest BCUT2D eigenvalue weighted by Gasteiger charge is -2.34. The van der Waals surface area contributed by atoms with Crippen molar-refractivity contribution in [1.82, 2.24) is 15.6 Å². The molecule has 1 rings (SSSR count). The maximum Gasteiger partial charge on any atom is 0.143 e. The number of nitrogens with one attached hydrogen (secondary N) is 3. The highest BCUT2D eigenvalue weighted by atomic mass is 19.1. The molecule has 0 radical (unpaired) electrons. The number of allylic oxidation sites excluding steroid dienone is 6. The highest BCUT2D eigenvalue weighted by Crippen LogP contribution is 2.25. The van der Waals surface area contributed by atoms with Crippen LogP contribution in [0.2, 0.25) is 0 Å². The number of nitriles is 1. The number of aromatic nitrogens is 1. The lowest BCUT2D eigenvalue weighted by atomic mass is 9.89. The zero-order valence-electron chi connectivity index (χ0n) is 25.8. The molecule has 0 aliphatic heterocycles. The largest absolute Gasteiger partial charge is 0.384 e. The van der Waals surface area contributed by atoms with E-state index in [9.17, 15) is 5.26 Å². The number of hydrogen-bond acceptors (Lipinski definition) is 7. The summed E-state index contributed by atoms with van der Waals surface area (Å²) in [6.07, 6.45) is 7.74. The van der Waals surface area contributed by atoms with E-state index < -0.39 is 5.83 Å². The molecule has 1 heterocycles. The van der Waals surface area contributed by atoms with Crippen LogP contribution in [0, 0.1) is 29.6 Å². The Morgan fingerprint density at radius 3 is 2.48 bits per heavy atom. The molecular formula is C32H48FN7. The van der Waals surface area contributed by atoms with E-state index >= 15 is 4.39 Å². The molecule has 1 aromatic rings. The van der Waals surface area contributed by atoms with Gasteiger partial charge in [-0.15, -0.1) is 0 Å². The van der Waals surface area contributed by atoms with Crippen molar-refractivity contribution in [3.05, 3.63) is 78.3 Å². The monoisotopic (exact) mass is 549 g/mol. The van der Waals surface area contributed by atoms with Gasteiger partial charge in [0.05, 0.1) is 28.8 Å². The van der Waals surface area contributed by atoms with E-state index in [-0.39, 0.29) is 34.7 Å². The third kappa shape index (κ3) is 11.1. The van der Waals surface area contributed by atoms with E-state index in [0.717, 1.165) is 29.9 Å². The van der Waals surface area contributed by atoms with Gasteiger partial charge in [0, 0.05) is 42.4 Å². The molecule has 0 fully saturated rings. The molecule has 218 valence electrons. The lowest BCUT2D eigenvalue weighted by molar-refractivity contribution is 0.310. The van der Waals surface area contributed by atoms with Crippen molar-refractivity contribution in [2.75, 3.05) is 17.4 Å². The Bertz CT molecular complexity index is 1180. The molecule has 3 N–H and O–H groups in total. The van der Waals surface area contributed by atoms with Crippen LogP contribution in [0.4, 0.5) is 15.8 Å². The first kappa shape index (κ1) is 34.2. The van der Waals surface area contributed by atoms with Crippen LogP contribution in [-0.4, -0.2) is 30.3 Å². The van der Waals surface area contributed by atoms with Gasteiger partial charge in [-0.05, 0) is 56.7 Å². The molecule has 3 atom stereocenters. The molecule has 0 bridgehead atoms. The van der Waals surface area contributed by atoms with Crippen molar-refractivity contribution in [2.45, 2.75) is 80.3 Å². The summed E-state index contributed by atoms with van der Waals surface area (Å²) in [5.41, 5.74) is 3.88. The summed E-state index contributed by atoms with van der Waals surface area (Å²) in [6.45, 7) is 28.2. The third-order valence-electron chi connectivity index (χ3n) is 6.48. The second-order valence-corrected chi connectivity index (χ2v) is 11.4. The number of halogens is 1. The zero-order chi connectivity index (χ0) is 30.6. The van der Waals surface area contributed by atoms with Crippen molar-refractivity contribution in [3.8, 4) is 6.07 Å². The van der Waals surface area contributed by atoms with Gasteiger partial charge in [0.2, 0.25) is 0 Å².